The van der Waals surface area contributed by atoms with Gasteiger partial charge in [0.05, 0.1) is 12.2 Å². The van der Waals surface area contributed by atoms with Crippen molar-refractivity contribution in [3.05, 3.63) is 35.9 Å². The van der Waals surface area contributed by atoms with Gasteiger partial charge in [0.15, 0.2) is 0 Å². The Labute approximate surface area is 122 Å². The van der Waals surface area contributed by atoms with Crippen molar-refractivity contribution in [2.45, 2.75) is 37.7 Å². The molecular formula is C17H27NO2. The molecule has 2 rings (SSSR count). The second-order valence-corrected chi connectivity index (χ2v) is 6.55. The molecule has 3 nitrogen and oxygen atoms in total. The van der Waals surface area contributed by atoms with Crippen LogP contribution in [0.1, 0.15) is 32.3 Å². The summed E-state index contributed by atoms with van der Waals surface area (Å²) in [6, 6.07) is 10.3. The van der Waals surface area contributed by atoms with Crippen LogP contribution in [0, 0.1) is 0 Å². The summed E-state index contributed by atoms with van der Waals surface area (Å²) < 4.78 is 5.66. The summed E-state index contributed by atoms with van der Waals surface area (Å²) in [6.07, 6.45) is 2.27. The van der Waals surface area contributed by atoms with E-state index in [1.165, 1.54) is 5.56 Å². The molecule has 1 heterocycles. The molecule has 0 bridgehead atoms. The van der Waals surface area contributed by atoms with Crippen molar-refractivity contribution in [3.63, 3.8) is 0 Å². The van der Waals surface area contributed by atoms with E-state index in [2.05, 4.69) is 30.9 Å². The molecule has 1 fully saturated rings. The first-order valence-electron chi connectivity index (χ1n) is 7.45. The van der Waals surface area contributed by atoms with E-state index < -0.39 is 0 Å². The van der Waals surface area contributed by atoms with Gasteiger partial charge in [-0.3, -0.25) is 4.90 Å². The van der Waals surface area contributed by atoms with E-state index in [0.717, 1.165) is 32.5 Å². The minimum Gasteiger partial charge on any atom is -0.395 e. The SMILES string of the molecule is COC1(C)CCCN(CC(C)(CO)c2ccccc2)C1. The van der Waals surface area contributed by atoms with Gasteiger partial charge in [-0.2, -0.15) is 0 Å². The Bertz CT molecular complexity index is 422. The van der Waals surface area contributed by atoms with Crippen LogP contribution in [0.25, 0.3) is 0 Å². The maximum atomic E-state index is 9.90. The monoisotopic (exact) mass is 277 g/mol. The molecule has 2 atom stereocenters. The lowest BCUT2D eigenvalue weighted by Gasteiger charge is -2.43. The van der Waals surface area contributed by atoms with E-state index in [4.69, 9.17) is 4.74 Å². The van der Waals surface area contributed by atoms with Crippen molar-refractivity contribution in [1.82, 2.24) is 4.90 Å². The van der Waals surface area contributed by atoms with Crippen molar-refractivity contribution >= 4 is 0 Å². The van der Waals surface area contributed by atoms with Gasteiger partial charge in [-0.1, -0.05) is 37.3 Å². The first-order chi connectivity index (χ1) is 9.51. The smallest absolute Gasteiger partial charge is 0.0777 e. The van der Waals surface area contributed by atoms with Gasteiger partial charge in [-0.15, -0.1) is 0 Å². The number of ether oxygens (including phenoxy) is 1. The fourth-order valence-corrected chi connectivity index (χ4v) is 3.18. The van der Waals surface area contributed by atoms with Gasteiger partial charge in [0.1, 0.15) is 0 Å². The van der Waals surface area contributed by atoms with Crippen LogP contribution in [0.4, 0.5) is 0 Å². The van der Waals surface area contributed by atoms with E-state index in [1.54, 1.807) is 7.11 Å². The highest BCUT2D eigenvalue weighted by molar-refractivity contribution is 5.25. The standard InChI is InChI=1S/C17H27NO2/c1-16(14-19,15-8-5-4-6-9-15)12-18-11-7-10-17(2,13-18)20-3/h4-6,8-9,19H,7,10-14H2,1-3H3. The summed E-state index contributed by atoms with van der Waals surface area (Å²) in [6.45, 7) is 7.37. The molecule has 3 heteroatoms. The van der Waals surface area contributed by atoms with Crippen LogP contribution < -0.4 is 0 Å². The van der Waals surface area contributed by atoms with Crippen molar-refractivity contribution in [2.24, 2.45) is 0 Å². The molecule has 0 aliphatic carbocycles. The Balaban J connectivity index is 2.10. The summed E-state index contributed by atoms with van der Waals surface area (Å²) >= 11 is 0. The zero-order valence-corrected chi connectivity index (χ0v) is 12.9. The van der Waals surface area contributed by atoms with E-state index >= 15 is 0 Å². The summed E-state index contributed by atoms with van der Waals surface area (Å²) in [5.74, 6) is 0. The number of aliphatic hydroxyl groups is 1. The molecule has 0 radical (unpaired) electrons. The Morgan fingerprint density at radius 3 is 2.65 bits per heavy atom. The highest BCUT2D eigenvalue weighted by Crippen LogP contribution is 2.29. The van der Waals surface area contributed by atoms with E-state index in [1.807, 2.05) is 18.2 Å². The zero-order valence-electron chi connectivity index (χ0n) is 12.9. The lowest BCUT2D eigenvalue weighted by Crippen LogP contribution is -2.52. The number of methoxy groups -OCH3 is 1. The lowest BCUT2D eigenvalue weighted by atomic mass is 9.81. The number of nitrogens with zero attached hydrogens (tertiary/aromatic N) is 1. The molecule has 0 spiro atoms. The number of aliphatic hydroxyl groups excluding tert-OH is 1. The highest BCUT2D eigenvalue weighted by Gasteiger charge is 2.35. The summed E-state index contributed by atoms with van der Waals surface area (Å²) in [4.78, 5) is 2.43. The summed E-state index contributed by atoms with van der Waals surface area (Å²) in [7, 11) is 1.80. The third-order valence-corrected chi connectivity index (χ3v) is 4.62. The molecule has 1 aromatic carbocycles. The fraction of sp³-hybridized carbons (Fsp3) is 0.647. The van der Waals surface area contributed by atoms with Crippen molar-refractivity contribution in [2.75, 3.05) is 33.4 Å². The molecule has 1 saturated heterocycles. The quantitative estimate of drug-likeness (QED) is 0.897. The van der Waals surface area contributed by atoms with Crippen molar-refractivity contribution in [3.8, 4) is 0 Å². The molecule has 0 aromatic heterocycles. The van der Waals surface area contributed by atoms with Crippen molar-refractivity contribution < 1.29 is 9.84 Å². The third kappa shape index (κ3) is 3.40. The maximum absolute atomic E-state index is 9.90. The van der Waals surface area contributed by atoms with Gasteiger partial charge < -0.3 is 9.84 Å². The van der Waals surface area contributed by atoms with Crippen LogP contribution in [0.5, 0.6) is 0 Å². The largest absolute Gasteiger partial charge is 0.395 e. The van der Waals surface area contributed by atoms with Crippen molar-refractivity contribution in [1.29, 1.82) is 0 Å². The second kappa shape index (κ2) is 6.25. The number of rotatable bonds is 5. The molecule has 1 aliphatic heterocycles. The maximum Gasteiger partial charge on any atom is 0.0777 e. The van der Waals surface area contributed by atoms with Gasteiger partial charge in [-0.05, 0) is 31.9 Å². The number of hydrogen-bond donors (Lipinski definition) is 1. The highest BCUT2D eigenvalue weighted by atomic mass is 16.5. The Morgan fingerprint density at radius 1 is 1.35 bits per heavy atom. The van der Waals surface area contributed by atoms with E-state index in [9.17, 15) is 5.11 Å². The van der Waals surface area contributed by atoms with Crippen LogP contribution >= 0.6 is 0 Å². The summed E-state index contributed by atoms with van der Waals surface area (Å²) in [5.41, 5.74) is 0.936. The van der Waals surface area contributed by atoms with Crippen LogP contribution in [0.15, 0.2) is 30.3 Å². The van der Waals surface area contributed by atoms with Gasteiger partial charge >= 0.3 is 0 Å². The van der Waals surface area contributed by atoms with Crippen LogP contribution in [0.2, 0.25) is 0 Å². The molecule has 1 aromatic rings. The number of piperidine rings is 1. The van der Waals surface area contributed by atoms with E-state index in [0.29, 0.717) is 0 Å². The van der Waals surface area contributed by atoms with Crippen LogP contribution in [-0.2, 0) is 10.2 Å². The Kier molecular flexibility index (Phi) is 4.84. The number of benzene rings is 1. The van der Waals surface area contributed by atoms with Gasteiger partial charge in [0, 0.05) is 25.6 Å². The molecule has 1 aliphatic rings. The second-order valence-electron chi connectivity index (χ2n) is 6.55. The fourth-order valence-electron chi connectivity index (χ4n) is 3.18. The normalized spacial score (nSPS) is 27.2. The molecule has 0 saturated carbocycles. The predicted octanol–water partition coefficient (Wildman–Crippen LogP) is 2.44. The number of likely N-dealkylation sites (tertiary alicyclic amines) is 1. The van der Waals surface area contributed by atoms with Gasteiger partial charge in [0.2, 0.25) is 0 Å². The average molecular weight is 277 g/mol. The Morgan fingerprint density at radius 2 is 2.05 bits per heavy atom. The molecule has 1 N–H and O–H groups in total. The number of hydrogen-bond acceptors (Lipinski definition) is 3. The molecule has 0 amide bonds. The minimum atomic E-state index is -0.215. The molecule has 2 unspecified atom stereocenters. The molecule has 20 heavy (non-hydrogen) atoms. The van der Waals surface area contributed by atoms with Gasteiger partial charge in [0.25, 0.3) is 0 Å². The van der Waals surface area contributed by atoms with Crippen LogP contribution in [0.3, 0.4) is 0 Å². The Hall–Kier alpha value is -0.900. The molecule has 112 valence electrons. The first kappa shape index (κ1) is 15.5. The van der Waals surface area contributed by atoms with E-state index in [-0.39, 0.29) is 17.6 Å². The molecular weight excluding hydrogens is 250 g/mol. The van der Waals surface area contributed by atoms with Gasteiger partial charge in [-0.25, -0.2) is 0 Å². The summed E-state index contributed by atoms with van der Waals surface area (Å²) in [5, 5.41) is 9.90. The first-order valence-corrected chi connectivity index (χ1v) is 7.45. The third-order valence-electron chi connectivity index (χ3n) is 4.62. The van der Waals surface area contributed by atoms with Crippen LogP contribution in [-0.4, -0.2) is 49.0 Å². The minimum absolute atomic E-state index is 0.0503. The average Bonchev–Trinajstić information content (AvgIpc) is 2.48. The zero-order chi connectivity index (χ0) is 14.6. The lowest BCUT2D eigenvalue weighted by molar-refractivity contribution is -0.0564. The topological polar surface area (TPSA) is 32.7 Å². The predicted molar refractivity (Wildman–Crippen MR) is 82.0 cm³/mol.